The molecule has 1 aliphatic rings. The first kappa shape index (κ1) is 19.6. The van der Waals surface area contributed by atoms with Crippen LogP contribution in [0.1, 0.15) is 63.6 Å². The lowest BCUT2D eigenvalue weighted by Crippen LogP contribution is -2.45. The van der Waals surface area contributed by atoms with Crippen molar-refractivity contribution in [3.05, 3.63) is 41.6 Å². The van der Waals surface area contributed by atoms with Gasteiger partial charge in [0.1, 0.15) is 0 Å². The molecule has 7 heteroatoms. The van der Waals surface area contributed by atoms with Crippen molar-refractivity contribution >= 4 is 10.0 Å². The number of rotatable bonds is 4. The number of nitriles is 1. The van der Waals surface area contributed by atoms with Gasteiger partial charge >= 0.3 is 0 Å². The van der Waals surface area contributed by atoms with E-state index in [9.17, 15) is 13.7 Å². The number of nitrogens with one attached hydrogen (secondary N) is 2. The first-order valence-corrected chi connectivity index (χ1v) is 10.8. The topological polar surface area (TPSA) is 98.6 Å². The van der Waals surface area contributed by atoms with Gasteiger partial charge in [-0.2, -0.15) is 10.4 Å². The van der Waals surface area contributed by atoms with Crippen LogP contribution in [0.5, 0.6) is 0 Å². The molecule has 0 bridgehead atoms. The van der Waals surface area contributed by atoms with E-state index in [-0.39, 0.29) is 6.04 Å². The van der Waals surface area contributed by atoms with Crippen molar-refractivity contribution in [3.8, 4) is 17.3 Å². The predicted molar refractivity (Wildman–Crippen MR) is 106 cm³/mol. The van der Waals surface area contributed by atoms with Gasteiger partial charge in [-0.3, -0.25) is 5.10 Å². The minimum Gasteiger partial charge on any atom is -0.282 e. The van der Waals surface area contributed by atoms with Gasteiger partial charge in [0.05, 0.1) is 22.1 Å². The average Bonchev–Trinajstić information content (AvgIpc) is 3.11. The largest absolute Gasteiger partial charge is 0.282 e. The highest BCUT2D eigenvalue weighted by Gasteiger charge is 2.33. The Balaban J connectivity index is 1.66. The Hall–Kier alpha value is -2.17. The van der Waals surface area contributed by atoms with Crippen LogP contribution in [-0.2, 0) is 10.0 Å². The number of nitrogens with zero attached hydrogens (tertiary/aromatic N) is 2. The maximum Gasteiger partial charge on any atom is 0.216 e. The number of aromatic amines is 1. The van der Waals surface area contributed by atoms with Crippen LogP contribution < -0.4 is 4.72 Å². The zero-order valence-corrected chi connectivity index (χ0v) is 16.8. The van der Waals surface area contributed by atoms with E-state index in [1.54, 1.807) is 26.8 Å². The van der Waals surface area contributed by atoms with Crippen LogP contribution in [0.15, 0.2) is 30.3 Å². The van der Waals surface area contributed by atoms with E-state index < -0.39 is 14.8 Å². The van der Waals surface area contributed by atoms with Gasteiger partial charge in [-0.1, -0.05) is 18.2 Å². The van der Waals surface area contributed by atoms with E-state index in [4.69, 9.17) is 0 Å². The fourth-order valence-electron chi connectivity index (χ4n) is 3.41. The summed E-state index contributed by atoms with van der Waals surface area (Å²) in [5.74, 6) is 0.330. The minimum absolute atomic E-state index is 0.00724. The van der Waals surface area contributed by atoms with Gasteiger partial charge in [0, 0.05) is 23.2 Å². The SMILES string of the molecule is CC(C)(C)S(=O)(=O)N[C@H]1CC[C@H](c2cc(-c3ccccc3C#N)n[nH]2)CC1. The van der Waals surface area contributed by atoms with Crippen LogP contribution in [0.4, 0.5) is 0 Å². The number of hydrogen-bond acceptors (Lipinski definition) is 4. The normalized spacial score (nSPS) is 21.0. The van der Waals surface area contributed by atoms with Crippen LogP contribution >= 0.6 is 0 Å². The average molecular weight is 387 g/mol. The molecular formula is C20H26N4O2S. The molecule has 1 aliphatic carbocycles. The van der Waals surface area contributed by atoms with Crippen LogP contribution in [0, 0.1) is 11.3 Å². The fraction of sp³-hybridized carbons (Fsp3) is 0.500. The highest BCUT2D eigenvalue weighted by molar-refractivity contribution is 7.90. The summed E-state index contributed by atoms with van der Waals surface area (Å²) >= 11 is 0. The van der Waals surface area contributed by atoms with E-state index in [0.717, 1.165) is 42.6 Å². The van der Waals surface area contributed by atoms with Gasteiger partial charge in [-0.25, -0.2) is 13.1 Å². The summed E-state index contributed by atoms with van der Waals surface area (Å²) < 4.78 is 26.7. The Morgan fingerprint density at radius 2 is 1.85 bits per heavy atom. The van der Waals surface area contributed by atoms with Gasteiger partial charge in [0.15, 0.2) is 0 Å². The molecule has 3 rings (SSSR count). The first-order valence-electron chi connectivity index (χ1n) is 9.28. The molecule has 0 amide bonds. The molecule has 1 saturated carbocycles. The molecular weight excluding hydrogens is 360 g/mol. The molecule has 0 spiro atoms. The fourth-order valence-corrected chi connectivity index (χ4v) is 4.43. The third-order valence-corrected chi connectivity index (χ3v) is 7.47. The summed E-state index contributed by atoms with van der Waals surface area (Å²) in [4.78, 5) is 0. The zero-order chi connectivity index (χ0) is 19.7. The molecule has 2 aromatic rings. The van der Waals surface area contributed by atoms with Crippen molar-refractivity contribution in [1.29, 1.82) is 5.26 Å². The second kappa shape index (κ2) is 7.45. The maximum absolute atomic E-state index is 12.3. The second-order valence-electron chi connectivity index (χ2n) is 8.15. The van der Waals surface area contributed by atoms with E-state index in [0.29, 0.717) is 11.5 Å². The molecule has 1 heterocycles. The summed E-state index contributed by atoms with van der Waals surface area (Å²) in [7, 11) is -3.32. The summed E-state index contributed by atoms with van der Waals surface area (Å²) in [6.45, 7) is 5.14. The lowest BCUT2D eigenvalue weighted by molar-refractivity contribution is 0.367. The number of hydrogen-bond donors (Lipinski definition) is 2. The summed E-state index contributed by atoms with van der Waals surface area (Å²) in [5.41, 5.74) is 3.26. The molecule has 1 fully saturated rings. The van der Waals surface area contributed by atoms with Crippen LogP contribution in [0.3, 0.4) is 0 Å². The molecule has 6 nitrogen and oxygen atoms in total. The monoisotopic (exact) mass is 386 g/mol. The number of sulfonamides is 1. The first-order chi connectivity index (χ1) is 12.7. The van der Waals surface area contributed by atoms with Crippen LogP contribution in [0.25, 0.3) is 11.3 Å². The lowest BCUT2D eigenvalue weighted by atomic mass is 9.84. The molecule has 0 radical (unpaired) electrons. The van der Waals surface area contributed by atoms with E-state index in [2.05, 4.69) is 21.0 Å². The summed E-state index contributed by atoms with van der Waals surface area (Å²) in [5, 5.41) is 16.8. The van der Waals surface area contributed by atoms with Crippen LogP contribution in [-0.4, -0.2) is 29.4 Å². The standard InChI is InChI=1S/C20H26N4O2S/c1-20(2,3)27(25,26)24-16-10-8-14(9-11-16)18-12-19(23-22-18)17-7-5-4-6-15(17)13-21/h4-7,12,14,16,24H,8-11H2,1-3H3,(H,22,23)/t14-,16-. The Labute approximate surface area is 161 Å². The Kier molecular flexibility index (Phi) is 5.41. The van der Waals surface area contributed by atoms with Crippen LogP contribution in [0.2, 0.25) is 0 Å². The van der Waals surface area contributed by atoms with E-state index in [1.165, 1.54) is 0 Å². The van der Waals surface area contributed by atoms with Gasteiger partial charge < -0.3 is 0 Å². The zero-order valence-electron chi connectivity index (χ0n) is 16.0. The Morgan fingerprint density at radius 3 is 2.48 bits per heavy atom. The van der Waals surface area contributed by atoms with E-state index in [1.807, 2.05) is 24.3 Å². The summed E-state index contributed by atoms with van der Waals surface area (Å²) in [6, 6.07) is 11.6. The lowest BCUT2D eigenvalue weighted by Gasteiger charge is -2.30. The predicted octanol–water partition coefficient (Wildman–Crippen LogP) is 3.69. The van der Waals surface area contributed by atoms with Gasteiger partial charge in [-0.05, 0) is 58.6 Å². The van der Waals surface area contributed by atoms with Gasteiger partial charge in [-0.15, -0.1) is 0 Å². The maximum atomic E-state index is 12.3. The van der Waals surface area contributed by atoms with Crippen molar-refractivity contribution in [1.82, 2.24) is 14.9 Å². The Morgan fingerprint density at radius 1 is 1.19 bits per heavy atom. The van der Waals surface area contributed by atoms with Gasteiger partial charge in [0.2, 0.25) is 10.0 Å². The molecule has 0 aliphatic heterocycles. The molecule has 1 aromatic heterocycles. The van der Waals surface area contributed by atoms with Crippen molar-refractivity contribution < 1.29 is 8.42 Å². The molecule has 0 saturated heterocycles. The highest BCUT2D eigenvalue weighted by atomic mass is 32.2. The molecule has 1 aromatic carbocycles. The second-order valence-corrected chi connectivity index (χ2v) is 10.6. The third-order valence-electron chi connectivity index (χ3n) is 5.22. The number of benzene rings is 1. The molecule has 0 atom stereocenters. The van der Waals surface area contributed by atoms with Crippen molar-refractivity contribution in [3.63, 3.8) is 0 Å². The third kappa shape index (κ3) is 4.23. The number of aromatic nitrogens is 2. The summed E-state index contributed by atoms with van der Waals surface area (Å²) in [6.07, 6.45) is 3.42. The van der Waals surface area contributed by atoms with Crippen molar-refractivity contribution in [2.45, 2.75) is 63.2 Å². The quantitative estimate of drug-likeness (QED) is 0.837. The van der Waals surface area contributed by atoms with Crippen molar-refractivity contribution in [2.75, 3.05) is 0 Å². The smallest absolute Gasteiger partial charge is 0.216 e. The molecule has 2 N–H and O–H groups in total. The Bertz CT molecular complexity index is 943. The molecule has 27 heavy (non-hydrogen) atoms. The highest BCUT2D eigenvalue weighted by Crippen LogP contribution is 2.34. The minimum atomic E-state index is -3.32. The van der Waals surface area contributed by atoms with Gasteiger partial charge in [0.25, 0.3) is 0 Å². The molecule has 144 valence electrons. The molecule has 0 unspecified atom stereocenters. The van der Waals surface area contributed by atoms with E-state index >= 15 is 0 Å². The number of H-pyrrole nitrogens is 1. The van der Waals surface area contributed by atoms with Crippen molar-refractivity contribution in [2.24, 2.45) is 0 Å².